The van der Waals surface area contributed by atoms with Gasteiger partial charge in [-0.25, -0.2) is 0 Å². The largest absolute Gasteiger partial charge is 0.352 e. The average Bonchev–Trinajstić information content (AvgIpc) is 2.54. The van der Waals surface area contributed by atoms with Gasteiger partial charge in [-0.05, 0) is 24.6 Å². The third-order valence-corrected chi connectivity index (χ3v) is 4.60. The van der Waals surface area contributed by atoms with Crippen LogP contribution in [-0.4, -0.2) is 42.5 Å². The van der Waals surface area contributed by atoms with Gasteiger partial charge in [-0.2, -0.15) is 11.8 Å². The van der Waals surface area contributed by atoms with E-state index in [2.05, 4.69) is 16.0 Å². The summed E-state index contributed by atoms with van der Waals surface area (Å²) in [4.78, 5) is 23.6. The van der Waals surface area contributed by atoms with Crippen LogP contribution in [0.3, 0.4) is 0 Å². The van der Waals surface area contributed by atoms with Crippen molar-refractivity contribution in [3.63, 3.8) is 0 Å². The number of halogens is 1. The van der Waals surface area contributed by atoms with Gasteiger partial charge < -0.3 is 16.0 Å². The summed E-state index contributed by atoms with van der Waals surface area (Å²) >= 11 is 1.89. The molecule has 0 bridgehead atoms. The summed E-state index contributed by atoms with van der Waals surface area (Å²) in [6, 6.07) is 7.59. The molecule has 0 aliphatic carbocycles. The summed E-state index contributed by atoms with van der Waals surface area (Å²) in [6.45, 7) is 3.98. The fourth-order valence-corrected chi connectivity index (χ4v) is 3.23. The molecule has 0 aromatic heterocycles. The fraction of sp³-hybridized carbons (Fsp3) is 0.500. The van der Waals surface area contributed by atoms with Crippen LogP contribution in [0.4, 0.5) is 0 Å². The van der Waals surface area contributed by atoms with Crippen molar-refractivity contribution in [1.29, 1.82) is 0 Å². The molecule has 1 aromatic rings. The van der Waals surface area contributed by atoms with E-state index in [0.717, 1.165) is 23.6 Å². The van der Waals surface area contributed by atoms with Crippen LogP contribution in [-0.2, 0) is 11.3 Å². The Hall–Kier alpha value is -1.24. The summed E-state index contributed by atoms with van der Waals surface area (Å²) in [5.41, 5.74) is 1.63. The second-order valence-electron chi connectivity index (χ2n) is 5.26. The highest BCUT2D eigenvalue weighted by molar-refractivity contribution is 7.99. The standard InChI is InChI=1S/C16H23N3O2S.ClH/c1-2-17-16(21)13-5-3-12(4-6-13)10-19-15(20)9-14-11-22-8-7-18-14;/h3-6,14,18H,2,7-11H2,1H3,(H,17,21)(H,19,20);1H. The molecule has 2 rings (SSSR count). The molecule has 2 amide bonds. The number of carbonyl (C=O) groups excluding carboxylic acids is 2. The predicted molar refractivity (Wildman–Crippen MR) is 97.3 cm³/mol. The van der Waals surface area contributed by atoms with E-state index in [1.54, 1.807) is 12.1 Å². The van der Waals surface area contributed by atoms with Crippen LogP contribution in [0.5, 0.6) is 0 Å². The number of nitrogens with one attached hydrogen (secondary N) is 3. The Morgan fingerprint density at radius 1 is 1.26 bits per heavy atom. The lowest BCUT2D eigenvalue weighted by atomic mass is 10.1. The first-order valence-corrected chi connectivity index (χ1v) is 8.79. The molecular weight excluding hydrogens is 334 g/mol. The minimum Gasteiger partial charge on any atom is -0.352 e. The molecular formula is C16H24ClN3O2S. The quantitative estimate of drug-likeness (QED) is 0.722. The maximum absolute atomic E-state index is 11.9. The molecule has 1 atom stereocenters. The Kier molecular flexibility index (Phi) is 9.06. The molecule has 1 aromatic carbocycles. The summed E-state index contributed by atoms with van der Waals surface area (Å²) in [5, 5.41) is 9.04. The van der Waals surface area contributed by atoms with Crippen molar-refractivity contribution in [2.45, 2.75) is 25.9 Å². The van der Waals surface area contributed by atoms with Gasteiger partial charge >= 0.3 is 0 Å². The number of amides is 2. The number of benzene rings is 1. The van der Waals surface area contributed by atoms with Gasteiger partial charge in [-0.1, -0.05) is 12.1 Å². The number of thioether (sulfide) groups is 1. The number of rotatable bonds is 6. The number of hydrogen-bond acceptors (Lipinski definition) is 4. The van der Waals surface area contributed by atoms with Gasteiger partial charge in [0.05, 0.1) is 0 Å². The van der Waals surface area contributed by atoms with Gasteiger partial charge in [0.1, 0.15) is 0 Å². The van der Waals surface area contributed by atoms with E-state index in [1.807, 2.05) is 30.8 Å². The molecule has 1 saturated heterocycles. The number of carbonyl (C=O) groups is 2. The zero-order valence-electron chi connectivity index (χ0n) is 13.3. The Balaban J connectivity index is 0.00000264. The minimum atomic E-state index is -0.0704. The normalized spacial score (nSPS) is 17.0. The van der Waals surface area contributed by atoms with E-state index in [1.165, 1.54) is 0 Å². The summed E-state index contributed by atoms with van der Waals surface area (Å²) in [6.07, 6.45) is 0.518. The van der Waals surface area contributed by atoms with Crippen LogP contribution in [0.2, 0.25) is 0 Å². The van der Waals surface area contributed by atoms with Crippen LogP contribution < -0.4 is 16.0 Å². The summed E-state index contributed by atoms with van der Waals surface area (Å²) in [7, 11) is 0. The Bertz CT molecular complexity index is 505. The molecule has 7 heteroatoms. The lowest BCUT2D eigenvalue weighted by Gasteiger charge is -2.22. The highest BCUT2D eigenvalue weighted by Crippen LogP contribution is 2.10. The highest BCUT2D eigenvalue weighted by atomic mass is 35.5. The molecule has 0 saturated carbocycles. The van der Waals surface area contributed by atoms with Crippen LogP contribution in [0.25, 0.3) is 0 Å². The van der Waals surface area contributed by atoms with Gasteiger partial charge in [0.25, 0.3) is 5.91 Å². The smallest absolute Gasteiger partial charge is 0.251 e. The summed E-state index contributed by atoms with van der Waals surface area (Å²) in [5.74, 6) is 2.11. The zero-order valence-corrected chi connectivity index (χ0v) is 14.9. The second-order valence-corrected chi connectivity index (χ2v) is 6.41. The highest BCUT2D eigenvalue weighted by Gasteiger charge is 2.16. The molecule has 1 aliphatic heterocycles. The molecule has 1 heterocycles. The molecule has 1 unspecified atom stereocenters. The monoisotopic (exact) mass is 357 g/mol. The van der Waals surface area contributed by atoms with Crippen LogP contribution >= 0.6 is 24.2 Å². The Labute approximate surface area is 147 Å². The fourth-order valence-electron chi connectivity index (χ4n) is 2.28. The maximum atomic E-state index is 11.9. The van der Waals surface area contributed by atoms with Crippen LogP contribution in [0, 0.1) is 0 Å². The maximum Gasteiger partial charge on any atom is 0.251 e. The second kappa shape index (κ2) is 10.5. The van der Waals surface area contributed by atoms with Gasteiger partial charge in [-0.15, -0.1) is 12.4 Å². The van der Waals surface area contributed by atoms with Crippen molar-refractivity contribution in [2.75, 3.05) is 24.6 Å². The van der Waals surface area contributed by atoms with E-state index in [0.29, 0.717) is 25.1 Å². The molecule has 23 heavy (non-hydrogen) atoms. The Morgan fingerprint density at radius 2 is 2.00 bits per heavy atom. The first-order chi connectivity index (χ1) is 10.7. The van der Waals surface area contributed by atoms with E-state index >= 15 is 0 Å². The zero-order chi connectivity index (χ0) is 15.8. The van der Waals surface area contributed by atoms with E-state index in [9.17, 15) is 9.59 Å². The molecule has 1 aliphatic rings. The van der Waals surface area contributed by atoms with Gasteiger partial charge in [0, 0.05) is 49.2 Å². The van der Waals surface area contributed by atoms with Crippen molar-refractivity contribution in [3.05, 3.63) is 35.4 Å². The molecule has 0 spiro atoms. The molecule has 1 fully saturated rings. The van der Waals surface area contributed by atoms with E-state index < -0.39 is 0 Å². The van der Waals surface area contributed by atoms with Crippen molar-refractivity contribution >= 4 is 36.0 Å². The van der Waals surface area contributed by atoms with Gasteiger partial charge in [0.2, 0.25) is 5.91 Å². The van der Waals surface area contributed by atoms with Gasteiger partial charge in [-0.3, -0.25) is 9.59 Å². The van der Waals surface area contributed by atoms with E-state index in [4.69, 9.17) is 0 Å². The third kappa shape index (κ3) is 6.81. The molecule has 0 radical (unpaired) electrons. The Morgan fingerprint density at radius 3 is 2.61 bits per heavy atom. The molecule has 128 valence electrons. The van der Waals surface area contributed by atoms with Crippen molar-refractivity contribution in [1.82, 2.24) is 16.0 Å². The lowest BCUT2D eigenvalue weighted by molar-refractivity contribution is -0.121. The van der Waals surface area contributed by atoms with Crippen LogP contribution in [0.15, 0.2) is 24.3 Å². The van der Waals surface area contributed by atoms with Crippen LogP contribution in [0.1, 0.15) is 29.3 Å². The molecule has 3 N–H and O–H groups in total. The van der Waals surface area contributed by atoms with Crippen molar-refractivity contribution < 1.29 is 9.59 Å². The predicted octanol–water partition coefficient (Wildman–Crippen LogP) is 1.57. The first-order valence-electron chi connectivity index (χ1n) is 7.64. The summed E-state index contributed by atoms with van der Waals surface area (Å²) < 4.78 is 0. The first kappa shape index (κ1) is 19.8. The van der Waals surface area contributed by atoms with E-state index in [-0.39, 0.29) is 30.3 Å². The average molecular weight is 358 g/mol. The SMILES string of the molecule is CCNC(=O)c1ccc(CNC(=O)CC2CSCCN2)cc1.Cl. The van der Waals surface area contributed by atoms with Crippen molar-refractivity contribution in [3.8, 4) is 0 Å². The lowest BCUT2D eigenvalue weighted by Crippen LogP contribution is -2.41. The number of hydrogen-bond donors (Lipinski definition) is 3. The minimum absolute atomic E-state index is 0. The third-order valence-electron chi connectivity index (χ3n) is 3.47. The van der Waals surface area contributed by atoms with Gasteiger partial charge in [0.15, 0.2) is 0 Å². The molecule has 5 nitrogen and oxygen atoms in total. The topological polar surface area (TPSA) is 70.2 Å². The van der Waals surface area contributed by atoms with Crippen molar-refractivity contribution in [2.24, 2.45) is 0 Å².